The molecule has 1 aliphatic heterocycles. The van der Waals surface area contributed by atoms with Crippen molar-refractivity contribution in [2.45, 2.75) is 18.7 Å². The molecular weight excluding hydrogens is 411 g/mol. The summed E-state index contributed by atoms with van der Waals surface area (Å²) in [7, 11) is 0. The third-order valence-corrected chi connectivity index (χ3v) is 5.65. The molecule has 1 aliphatic rings. The number of carbonyl (C=O) groups excluding carboxylic acids is 3. The van der Waals surface area contributed by atoms with E-state index in [1.54, 1.807) is 31.2 Å². The number of benzene rings is 2. The molecule has 1 heterocycles. The largest absolute Gasteiger partial charge is 0.457 e. The van der Waals surface area contributed by atoms with Crippen molar-refractivity contribution in [3.63, 3.8) is 0 Å². The first kappa shape index (κ1) is 21.6. The van der Waals surface area contributed by atoms with Gasteiger partial charge in [-0.1, -0.05) is 0 Å². The van der Waals surface area contributed by atoms with Gasteiger partial charge in [0.15, 0.2) is 0 Å². The molecule has 2 aromatic carbocycles. The number of imide groups is 1. The Balaban J connectivity index is 1.57. The molecule has 0 radical (unpaired) electrons. The van der Waals surface area contributed by atoms with Crippen LogP contribution < -0.4 is 15.4 Å². The van der Waals surface area contributed by atoms with Gasteiger partial charge < -0.3 is 14.8 Å². The molecule has 0 saturated carbocycles. The number of carbonyl (C=O) groups is 3. The zero-order chi connectivity index (χ0) is 21.5. The van der Waals surface area contributed by atoms with Crippen molar-refractivity contribution in [2.24, 2.45) is 5.92 Å². The van der Waals surface area contributed by atoms with Gasteiger partial charge in [0.1, 0.15) is 17.3 Å². The molecular formula is C21H21FN2O5S. The maximum absolute atomic E-state index is 13.0. The number of hydrogen-bond donors (Lipinski definition) is 2. The molecule has 2 N–H and O–H groups in total. The van der Waals surface area contributed by atoms with Crippen molar-refractivity contribution in [1.29, 1.82) is 0 Å². The highest BCUT2D eigenvalue weighted by atomic mass is 32.2. The zero-order valence-electron chi connectivity index (χ0n) is 16.2. The second-order valence-electron chi connectivity index (χ2n) is 6.45. The number of ether oxygens (including phenoxy) is 2. The van der Waals surface area contributed by atoms with Gasteiger partial charge in [0.05, 0.1) is 17.9 Å². The second-order valence-corrected chi connectivity index (χ2v) is 7.70. The molecule has 3 rings (SSSR count). The van der Waals surface area contributed by atoms with Crippen LogP contribution in [0.3, 0.4) is 0 Å². The van der Waals surface area contributed by atoms with Crippen LogP contribution in [0.1, 0.15) is 23.7 Å². The van der Waals surface area contributed by atoms with E-state index in [4.69, 9.17) is 9.47 Å². The molecule has 0 spiro atoms. The SMILES string of the molecule is CCOC(=O)NC(=O)C1CCSC1NC(=O)c1ccc(Oc2ccc(F)cc2)cc1. The van der Waals surface area contributed by atoms with E-state index in [0.29, 0.717) is 29.2 Å². The van der Waals surface area contributed by atoms with Crippen molar-refractivity contribution in [2.75, 3.05) is 12.4 Å². The summed E-state index contributed by atoms with van der Waals surface area (Å²) in [6.45, 7) is 1.81. The molecule has 1 saturated heterocycles. The highest BCUT2D eigenvalue weighted by Crippen LogP contribution is 2.31. The van der Waals surface area contributed by atoms with Crippen molar-refractivity contribution >= 4 is 29.7 Å². The molecule has 9 heteroatoms. The Morgan fingerprint density at radius 3 is 2.33 bits per heavy atom. The summed E-state index contributed by atoms with van der Waals surface area (Å²) < 4.78 is 23.3. The smallest absolute Gasteiger partial charge is 0.413 e. The minimum atomic E-state index is -0.791. The van der Waals surface area contributed by atoms with Crippen LogP contribution in [0.15, 0.2) is 48.5 Å². The maximum atomic E-state index is 13.0. The summed E-state index contributed by atoms with van der Waals surface area (Å²) in [4.78, 5) is 36.3. The topological polar surface area (TPSA) is 93.7 Å². The van der Waals surface area contributed by atoms with Gasteiger partial charge in [-0.25, -0.2) is 9.18 Å². The number of hydrogen-bond acceptors (Lipinski definition) is 6. The maximum Gasteiger partial charge on any atom is 0.413 e. The molecule has 0 bridgehead atoms. The Morgan fingerprint density at radius 1 is 1.07 bits per heavy atom. The summed E-state index contributed by atoms with van der Waals surface area (Å²) in [5.41, 5.74) is 0.401. The first-order valence-electron chi connectivity index (χ1n) is 9.40. The molecule has 3 amide bonds. The van der Waals surface area contributed by atoms with E-state index in [0.717, 1.165) is 0 Å². The van der Waals surface area contributed by atoms with Crippen LogP contribution in [0.25, 0.3) is 0 Å². The summed E-state index contributed by atoms with van der Waals surface area (Å²) in [6.07, 6.45) is -0.244. The first-order valence-corrected chi connectivity index (χ1v) is 10.4. The molecule has 0 aliphatic carbocycles. The molecule has 2 atom stereocenters. The van der Waals surface area contributed by atoms with Gasteiger partial charge in [-0.15, -0.1) is 11.8 Å². The number of rotatable bonds is 6. The average molecular weight is 432 g/mol. The van der Waals surface area contributed by atoms with Crippen LogP contribution in [-0.2, 0) is 9.53 Å². The standard InChI is InChI=1S/C21H21FN2O5S/c1-2-28-21(27)24-19(26)17-11-12-30-20(17)23-18(25)13-3-7-15(8-4-13)29-16-9-5-14(22)6-10-16/h3-10,17,20H,2,11-12H2,1H3,(H,23,25)(H,24,26,27). The van der Waals surface area contributed by atoms with Crippen LogP contribution in [0.5, 0.6) is 11.5 Å². The molecule has 30 heavy (non-hydrogen) atoms. The first-order chi connectivity index (χ1) is 14.5. The van der Waals surface area contributed by atoms with E-state index >= 15 is 0 Å². The van der Waals surface area contributed by atoms with E-state index in [2.05, 4.69) is 10.6 Å². The lowest BCUT2D eigenvalue weighted by molar-refractivity contribution is -0.124. The third kappa shape index (κ3) is 5.73. The van der Waals surface area contributed by atoms with Gasteiger partial charge in [0.2, 0.25) is 5.91 Å². The number of nitrogens with one attached hydrogen (secondary N) is 2. The molecule has 158 valence electrons. The lowest BCUT2D eigenvalue weighted by atomic mass is 10.1. The van der Waals surface area contributed by atoms with Crippen molar-refractivity contribution in [3.8, 4) is 11.5 Å². The van der Waals surface area contributed by atoms with Gasteiger partial charge in [-0.3, -0.25) is 14.9 Å². The van der Waals surface area contributed by atoms with Gasteiger partial charge in [0, 0.05) is 5.56 Å². The minimum Gasteiger partial charge on any atom is -0.457 e. The van der Waals surface area contributed by atoms with Crippen molar-refractivity contribution in [1.82, 2.24) is 10.6 Å². The Bertz CT molecular complexity index is 905. The monoisotopic (exact) mass is 432 g/mol. The van der Waals surface area contributed by atoms with Crippen LogP contribution in [-0.4, -0.2) is 35.6 Å². The van der Waals surface area contributed by atoms with E-state index in [1.165, 1.54) is 36.0 Å². The van der Waals surface area contributed by atoms with E-state index in [9.17, 15) is 18.8 Å². The van der Waals surface area contributed by atoms with Crippen LogP contribution in [0.4, 0.5) is 9.18 Å². The summed E-state index contributed by atoms with van der Waals surface area (Å²) >= 11 is 1.45. The molecule has 2 aromatic rings. The van der Waals surface area contributed by atoms with Crippen LogP contribution >= 0.6 is 11.8 Å². The lowest BCUT2D eigenvalue weighted by Gasteiger charge is -2.19. The van der Waals surface area contributed by atoms with Gasteiger partial charge in [-0.2, -0.15) is 0 Å². The highest BCUT2D eigenvalue weighted by molar-refractivity contribution is 8.00. The average Bonchev–Trinajstić information content (AvgIpc) is 3.18. The summed E-state index contributed by atoms with van der Waals surface area (Å²) in [5.74, 6) is -0.0103. The molecule has 7 nitrogen and oxygen atoms in total. The summed E-state index contributed by atoms with van der Waals surface area (Å²) in [5, 5.41) is 4.59. The van der Waals surface area contributed by atoms with E-state index < -0.39 is 23.3 Å². The molecule has 2 unspecified atom stereocenters. The van der Waals surface area contributed by atoms with E-state index in [1.807, 2.05) is 0 Å². The fraction of sp³-hybridized carbons (Fsp3) is 0.286. The number of amides is 3. The fourth-order valence-corrected chi connectivity index (χ4v) is 4.21. The second kappa shape index (κ2) is 10.1. The molecule has 1 fully saturated rings. The summed E-state index contributed by atoms with van der Waals surface area (Å²) in [6, 6.07) is 12.1. The fourth-order valence-electron chi connectivity index (χ4n) is 2.89. The predicted molar refractivity (Wildman–Crippen MR) is 110 cm³/mol. The third-order valence-electron chi connectivity index (χ3n) is 4.37. The quantitative estimate of drug-likeness (QED) is 0.723. The highest BCUT2D eigenvalue weighted by Gasteiger charge is 2.35. The molecule has 0 aromatic heterocycles. The van der Waals surface area contributed by atoms with E-state index in [-0.39, 0.29) is 18.3 Å². The Labute approximate surface area is 177 Å². The van der Waals surface area contributed by atoms with Gasteiger partial charge in [0.25, 0.3) is 5.91 Å². The number of thioether (sulfide) groups is 1. The van der Waals surface area contributed by atoms with Crippen molar-refractivity contribution < 1.29 is 28.2 Å². The van der Waals surface area contributed by atoms with Gasteiger partial charge in [-0.05, 0) is 67.6 Å². The van der Waals surface area contributed by atoms with Crippen LogP contribution in [0.2, 0.25) is 0 Å². The lowest BCUT2D eigenvalue weighted by Crippen LogP contribution is -2.44. The Hall–Kier alpha value is -3.07. The Morgan fingerprint density at radius 2 is 1.70 bits per heavy atom. The predicted octanol–water partition coefficient (Wildman–Crippen LogP) is 3.70. The van der Waals surface area contributed by atoms with Crippen LogP contribution in [0, 0.1) is 11.7 Å². The number of alkyl carbamates (subject to hydrolysis) is 1. The normalized spacial score (nSPS) is 17.8. The minimum absolute atomic E-state index is 0.166. The number of halogens is 1. The zero-order valence-corrected chi connectivity index (χ0v) is 17.0. The Kier molecular flexibility index (Phi) is 7.29. The van der Waals surface area contributed by atoms with Gasteiger partial charge >= 0.3 is 6.09 Å². The van der Waals surface area contributed by atoms with Crippen molar-refractivity contribution in [3.05, 3.63) is 59.9 Å².